The Labute approximate surface area is 114 Å². The van der Waals surface area contributed by atoms with Gasteiger partial charge in [0, 0.05) is 6.54 Å². The highest BCUT2D eigenvalue weighted by atomic mass is 15.4. The molecule has 4 heteroatoms. The van der Waals surface area contributed by atoms with Crippen molar-refractivity contribution in [3.63, 3.8) is 0 Å². The van der Waals surface area contributed by atoms with E-state index in [0.29, 0.717) is 0 Å². The largest absolute Gasteiger partial charge is 0.311 e. The van der Waals surface area contributed by atoms with Crippen molar-refractivity contribution < 1.29 is 0 Å². The molecular weight excluding hydrogens is 236 g/mol. The molecule has 0 saturated heterocycles. The third kappa shape index (κ3) is 3.41. The molecule has 0 aliphatic heterocycles. The van der Waals surface area contributed by atoms with E-state index in [1.54, 1.807) is 0 Å². The third-order valence-corrected chi connectivity index (χ3v) is 3.35. The van der Waals surface area contributed by atoms with Gasteiger partial charge in [-0.15, -0.1) is 5.10 Å². The third-order valence-electron chi connectivity index (χ3n) is 3.35. The second-order valence-electron chi connectivity index (χ2n) is 4.91. The Hall–Kier alpha value is -1.68. The summed E-state index contributed by atoms with van der Waals surface area (Å²) in [4.78, 5) is 0. The molecule has 1 unspecified atom stereocenters. The topological polar surface area (TPSA) is 42.7 Å². The second kappa shape index (κ2) is 6.48. The first-order valence-corrected chi connectivity index (χ1v) is 6.85. The van der Waals surface area contributed by atoms with Crippen LogP contribution < -0.4 is 5.32 Å². The van der Waals surface area contributed by atoms with Gasteiger partial charge in [-0.2, -0.15) is 0 Å². The minimum Gasteiger partial charge on any atom is -0.311 e. The van der Waals surface area contributed by atoms with Gasteiger partial charge < -0.3 is 5.32 Å². The van der Waals surface area contributed by atoms with Crippen molar-refractivity contribution in [3.8, 4) is 0 Å². The van der Waals surface area contributed by atoms with Crippen LogP contribution in [0.4, 0.5) is 0 Å². The standard InChI is InChI=1S/C15H22N4/c1-4-9-19-15(11-17-18-19)14(16-3)10-13-7-5-12(2)6-8-13/h5-8,11,14,16H,4,9-10H2,1-3H3. The number of hydrogen-bond acceptors (Lipinski definition) is 3. The van der Waals surface area contributed by atoms with Crippen LogP contribution in [0.2, 0.25) is 0 Å². The van der Waals surface area contributed by atoms with Gasteiger partial charge in [-0.1, -0.05) is 42.0 Å². The molecule has 1 N–H and O–H groups in total. The first kappa shape index (κ1) is 13.7. The van der Waals surface area contributed by atoms with Crippen molar-refractivity contribution in [2.75, 3.05) is 7.05 Å². The van der Waals surface area contributed by atoms with Crippen LogP contribution in [-0.4, -0.2) is 22.0 Å². The summed E-state index contributed by atoms with van der Waals surface area (Å²) >= 11 is 0. The van der Waals surface area contributed by atoms with Crippen LogP contribution >= 0.6 is 0 Å². The minimum atomic E-state index is 0.254. The average molecular weight is 258 g/mol. The molecule has 0 aliphatic rings. The fourth-order valence-electron chi connectivity index (χ4n) is 2.24. The Kier molecular flexibility index (Phi) is 4.68. The summed E-state index contributed by atoms with van der Waals surface area (Å²) in [5.74, 6) is 0. The molecule has 4 nitrogen and oxygen atoms in total. The number of nitrogens with one attached hydrogen (secondary N) is 1. The zero-order valence-corrected chi connectivity index (χ0v) is 11.9. The van der Waals surface area contributed by atoms with Crippen LogP contribution in [-0.2, 0) is 13.0 Å². The molecule has 2 aromatic rings. The Morgan fingerprint density at radius 2 is 2.00 bits per heavy atom. The maximum atomic E-state index is 4.16. The second-order valence-corrected chi connectivity index (χ2v) is 4.91. The van der Waals surface area contributed by atoms with Gasteiger partial charge in [0.15, 0.2) is 0 Å². The Morgan fingerprint density at radius 3 is 2.63 bits per heavy atom. The van der Waals surface area contributed by atoms with E-state index in [2.05, 4.69) is 53.7 Å². The quantitative estimate of drug-likeness (QED) is 0.865. The predicted octanol–water partition coefficient (Wildman–Crippen LogP) is 2.50. The fraction of sp³-hybridized carbons (Fsp3) is 0.467. The van der Waals surface area contributed by atoms with E-state index in [1.165, 1.54) is 11.1 Å². The van der Waals surface area contributed by atoms with Crippen LogP contribution in [0.15, 0.2) is 30.5 Å². The van der Waals surface area contributed by atoms with E-state index < -0.39 is 0 Å². The van der Waals surface area contributed by atoms with E-state index >= 15 is 0 Å². The molecule has 1 heterocycles. The van der Waals surface area contributed by atoms with Crippen molar-refractivity contribution in [2.24, 2.45) is 0 Å². The maximum Gasteiger partial charge on any atom is 0.0759 e. The monoisotopic (exact) mass is 258 g/mol. The average Bonchev–Trinajstić information content (AvgIpc) is 2.87. The lowest BCUT2D eigenvalue weighted by Gasteiger charge is -2.17. The number of nitrogens with zero attached hydrogens (tertiary/aromatic N) is 3. The summed E-state index contributed by atoms with van der Waals surface area (Å²) < 4.78 is 2.00. The van der Waals surface area contributed by atoms with Gasteiger partial charge in [0.25, 0.3) is 0 Å². The van der Waals surface area contributed by atoms with E-state index in [1.807, 2.05) is 17.9 Å². The molecule has 0 amide bonds. The van der Waals surface area contributed by atoms with Crippen molar-refractivity contribution in [2.45, 2.75) is 39.3 Å². The maximum absolute atomic E-state index is 4.16. The first-order valence-electron chi connectivity index (χ1n) is 6.85. The molecule has 102 valence electrons. The Morgan fingerprint density at radius 1 is 1.26 bits per heavy atom. The van der Waals surface area contributed by atoms with E-state index in [9.17, 15) is 0 Å². The number of likely N-dealkylation sites (N-methyl/N-ethyl adjacent to an activating group) is 1. The minimum absolute atomic E-state index is 0.254. The van der Waals surface area contributed by atoms with Crippen molar-refractivity contribution in [1.82, 2.24) is 20.3 Å². The molecule has 0 saturated carbocycles. The van der Waals surface area contributed by atoms with Gasteiger partial charge in [0.1, 0.15) is 0 Å². The smallest absolute Gasteiger partial charge is 0.0759 e. The molecule has 0 fully saturated rings. The van der Waals surface area contributed by atoms with Crippen molar-refractivity contribution in [1.29, 1.82) is 0 Å². The normalized spacial score (nSPS) is 12.6. The number of aryl methyl sites for hydroxylation is 2. The molecule has 19 heavy (non-hydrogen) atoms. The summed E-state index contributed by atoms with van der Waals surface area (Å²) in [5.41, 5.74) is 3.78. The van der Waals surface area contributed by atoms with Gasteiger partial charge >= 0.3 is 0 Å². The van der Waals surface area contributed by atoms with Gasteiger partial charge in [-0.05, 0) is 32.4 Å². The van der Waals surface area contributed by atoms with Crippen LogP contribution in [0.25, 0.3) is 0 Å². The van der Waals surface area contributed by atoms with Gasteiger partial charge in [-0.25, -0.2) is 4.68 Å². The number of rotatable bonds is 6. The van der Waals surface area contributed by atoms with Gasteiger partial charge in [0.2, 0.25) is 0 Å². The fourth-order valence-corrected chi connectivity index (χ4v) is 2.24. The van der Waals surface area contributed by atoms with Gasteiger partial charge in [0.05, 0.1) is 17.9 Å². The SMILES string of the molecule is CCCn1nncc1C(Cc1ccc(C)cc1)NC. The molecule has 0 bridgehead atoms. The van der Waals surface area contributed by atoms with Crippen LogP contribution in [0, 0.1) is 6.92 Å². The van der Waals surface area contributed by atoms with Crippen LogP contribution in [0.3, 0.4) is 0 Å². The van der Waals surface area contributed by atoms with E-state index in [0.717, 1.165) is 25.1 Å². The summed E-state index contributed by atoms with van der Waals surface area (Å²) in [6.45, 7) is 5.18. The number of aromatic nitrogens is 3. The molecular formula is C15H22N4. The molecule has 0 spiro atoms. The molecule has 1 aromatic carbocycles. The molecule has 1 aromatic heterocycles. The van der Waals surface area contributed by atoms with Crippen molar-refractivity contribution >= 4 is 0 Å². The Balaban J connectivity index is 2.15. The lowest BCUT2D eigenvalue weighted by Crippen LogP contribution is -2.22. The summed E-state index contributed by atoms with van der Waals surface area (Å²) in [6, 6.07) is 8.94. The molecule has 0 aliphatic carbocycles. The summed E-state index contributed by atoms with van der Waals surface area (Å²) in [7, 11) is 1.99. The highest BCUT2D eigenvalue weighted by Crippen LogP contribution is 2.17. The van der Waals surface area contributed by atoms with Gasteiger partial charge in [-0.3, -0.25) is 0 Å². The van der Waals surface area contributed by atoms with Crippen LogP contribution in [0.5, 0.6) is 0 Å². The first-order chi connectivity index (χ1) is 9.24. The molecule has 1 atom stereocenters. The van der Waals surface area contributed by atoms with Crippen molar-refractivity contribution in [3.05, 3.63) is 47.3 Å². The Bertz CT molecular complexity index is 501. The lowest BCUT2D eigenvalue weighted by molar-refractivity contribution is 0.490. The molecule has 2 rings (SSSR count). The highest BCUT2D eigenvalue weighted by molar-refractivity contribution is 5.23. The zero-order valence-electron chi connectivity index (χ0n) is 11.9. The highest BCUT2D eigenvalue weighted by Gasteiger charge is 2.15. The van der Waals surface area contributed by atoms with E-state index in [4.69, 9.17) is 0 Å². The number of hydrogen-bond donors (Lipinski definition) is 1. The predicted molar refractivity (Wildman–Crippen MR) is 77.0 cm³/mol. The lowest BCUT2D eigenvalue weighted by atomic mass is 10.0. The molecule has 0 radical (unpaired) electrons. The van der Waals surface area contributed by atoms with E-state index in [-0.39, 0.29) is 6.04 Å². The zero-order chi connectivity index (χ0) is 13.7. The van der Waals surface area contributed by atoms with Crippen LogP contribution in [0.1, 0.15) is 36.2 Å². The summed E-state index contributed by atoms with van der Waals surface area (Å²) in [6.07, 6.45) is 3.89. The summed E-state index contributed by atoms with van der Waals surface area (Å²) in [5, 5.41) is 11.6. The number of benzene rings is 1.